The van der Waals surface area contributed by atoms with Crippen molar-refractivity contribution in [1.29, 1.82) is 0 Å². The SMILES string of the molecule is CC(C)CN1CCn2c(nc3cc(C(N)=O)ccc32)C1. The van der Waals surface area contributed by atoms with Gasteiger partial charge in [-0.15, -0.1) is 0 Å². The van der Waals surface area contributed by atoms with Crippen molar-refractivity contribution >= 4 is 16.9 Å². The molecule has 1 aliphatic heterocycles. The minimum absolute atomic E-state index is 0.403. The summed E-state index contributed by atoms with van der Waals surface area (Å²) in [6.45, 7) is 8.44. The van der Waals surface area contributed by atoms with Gasteiger partial charge in [-0.3, -0.25) is 9.69 Å². The van der Waals surface area contributed by atoms with Gasteiger partial charge in [0.1, 0.15) is 5.82 Å². The molecule has 106 valence electrons. The number of carbonyl (C=O) groups excluding carboxylic acids is 1. The Balaban J connectivity index is 1.95. The van der Waals surface area contributed by atoms with Gasteiger partial charge >= 0.3 is 0 Å². The fourth-order valence-corrected chi connectivity index (χ4v) is 2.90. The van der Waals surface area contributed by atoms with Crippen LogP contribution in [0.2, 0.25) is 0 Å². The summed E-state index contributed by atoms with van der Waals surface area (Å²) in [4.78, 5) is 18.3. The topological polar surface area (TPSA) is 64.2 Å². The summed E-state index contributed by atoms with van der Waals surface area (Å²) in [7, 11) is 0. The van der Waals surface area contributed by atoms with Crippen LogP contribution in [-0.4, -0.2) is 33.4 Å². The van der Waals surface area contributed by atoms with E-state index in [1.165, 1.54) is 0 Å². The second kappa shape index (κ2) is 4.90. The highest BCUT2D eigenvalue weighted by molar-refractivity contribution is 5.96. The molecule has 0 atom stereocenters. The second-order valence-corrected chi connectivity index (χ2v) is 5.88. The number of fused-ring (bicyclic) bond motifs is 3. The molecule has 5 nitrogen and oxygen atoms in total. The summed E-state index contributed by atoms with van der Waals surface area (Å²) in [5.41, 5.74) is 7.80. The van der Waals surface area contributed by atoms with Gasteiger partial charge in [0.05, 0.1) is 17.6 Å². The van der Waals surface area contributed by atoms with Crippen LogP contribution in [0.15, 0.2) is 18.2 Å². The number of amides is 1. The Bertz CT molecular complexity index is 659. The first-order valence-electron chi connectivity index (χ1n) is 7.06. The van der Waals surface area contributed by atoms with Gasteiger partial charge in [0.25, 0.3) is 0 Å². The van der Waals surface area contributed by atoms with Crippen molar-refractivity contribution in [3.05, 3.63) is 29.6 Å². The van der Waals surface area contributed by atoms with Crippen LogP contribution in [0.25, 0.3) is 11.0 Å². The number of carbonyl (C=O) groups is 1. The molecule has 0 aliphatic carbocycles. The third-order valence-corrected chi connectivity index (χ3v) is 3.74. The van der Waals surface area contributed by atoms with E-state index in [-0.39, 0.29) is 0 Å². The van der Waals surface area contributed by atoms with Crippen LogP contribution in [0.4, 0.5) is 0 Å². The molecule has 2 heterocycles. The maximum absolute atomic E-state index is 11.2. The number of rotatable bonds is 3. The van der Waals surface area contributed by atoms with E-state index >= 15 is 0 Å². The van der Waals surface area contributed by atoms with E-state index in [0.717, 1.165) is 43.0 Å². The Kier molecular flexibility index (Phi) is 3.22. The lowest BCUT2D eigenvalue weighted by atomic mass is 10.2. The molecule has 20 heavy (non-hydrogen) atoms. The maximum Gasteiger partial charge on any atom is 0.248 e. The Hall–Kier alpha value is -1.88. The molecular formula is C15H20N4O. The molecule has 2 aromatic rings. The predicted octanol–water partition coefficient (Wildman–Crippen LogP) is 1.61. The average molecular weight is 272 g/mol. The maximum atomic E-state index is 11.2. The first-order chi connectivity index (χ1) is 9.54. The molecule has 1 aliphatic rings. The van der Waals surface area contributed by atoms with E-state index < -0.39 is 5.91 Å². The van der Waals surface area contributed by atoms with E-state index in [0.29, 0.717) is 11.5 Å². The Morgan fingerprint density at radius 2 is 2.20 bits per heavy atom. The van der Waals surface area contributed by atoms with Crippen molar-refractivity contribution < 1.29 is 4.79 Å². The number of nitrogens with zero attached hydrogens (tertiary/aromatic N) is 3. The lowest BCUT2D eigenvalue weighted by molar-refractivity contribution is 0.100. The molecule has 0 saturated carbocycles. The van der Waals surface area contributed by atoms with E-state index in [2.05, 4.69) is 28.3 Å². The molecule has 1 aromatic carbocycles. The molecule has 0 fully saturated rings. The van der Waals surface area contributed by atoms with Gasteiger partial charge in [-0.2, -0.15) is 0 Å². The molecule has 0 unspecified atom stereocenters. The number of nitrogens with two attached hydrogens (primary N) is 1. The van der Waals surface area contributed by atoms with Crippen molar-refractivity contribution in [3.63, 3.8) is 0 Å². The van der Waals surface area contributed by atoms with Crippen LogP contribution in [0, 0.1) is 5.92 Å². The number of hydrogen-bond donors (Lipinski definition) is 1. The molecule has 0 saturated heterocycles. The summed E-state index contributed by atoms with van der Waals surface area (Å²) >= 11 is 0. The van der Waals surface area contributed by atoms with Gasteiger partial charge in [0.2, 0.25) is 5.91 Å². The largest absolute Gasteiger partial charge is 0.366 e. The minimum atomic E-state index is -0.403. The monoisotopic (exact) mass is 272 g/mol. The summed E-state index contributed by atoms with van der Waals surface area (Å²) in [5.74, 6) is 1.33. The Morgan fingerprint density at radius 1 is 1.40 bits per heavy atom. The normalized spacial score (nSPS) is 15.8. The zero-order chi connectivity index (χ0) is 14.3. The first kappa shape index (κ1) is 13.1. The Morgan fingerprint density at radius 3 is 2.90 bits per heavy atom. The molecule has 0 spiro atoms. The van der Waals surface area contributed by atoms with E-state index in [9.17, 15) is 4.79 Å². The number of imidazole rings is 1. The highest BCUT2D eigenvalue weighted by atomic mass is 16.1. The van der Waals surface area contributed by atoms with Gasteiger partial charge in [-0.1, -0.05) is 13.8 Å². The van der Waals surface area contributed by atoms with Gasteiger partial charge in [0.15, 0.2) is 0 Å². The fourth-order valence-electron chi connectivity index (χ4n) is 2.90. The highest BCUT2D eigenvalue weighted by Gasteiger charge is 2.20. The third-order valence-electron chi connectivity index (χ3n) is 3.74. The summed E-state index contributed by atoms with van der Waals surface area (Å²) in [5, 5.41) is 0. The molecule has 0 bridgehead atoms. The van der Waals surface area contributed by atoms with Crippen LogP contribution in [0.3, 0.4) is 0 Å². The summed E-state index contributed by atoms with van der Waals surface area (Å²) in [6.07, 6.45) is 0. The molecule has 5 heteroatoms. The van der Waals surface area contributed by atoms with Crippen LogP contribution >= 0.6 is 0 Å². The van der Waals surface area contributed by atoms with E-state index in [1.54, 1.807) is 12.1 Å². The van der Waals surface area contributed by atoms with E-state index in [4.69, 9.17) is 5.73 Å². The zero-order valence-electron chi connectivity index (χ0n) is 12.0. The minimum Gasteiger partial charge on any atom is -0.366 e. The highest BCUT2D eigenvalue weighted by Crippen LogP contribution is 2.22. The number of aromatic nitrogens is 2. The first-order valence-corrected chi connectivity index (χ1v) is 7.06. The molecule has 1 aromatic heterocycles. The van der Waals surface area contributed by atoms with Crippen LogP contribution in [0.1, 0.15) is 30.0 Å². The number of hydrogen-bond acceptors (Lipinski definition) is 3. The van der Waals surface area contributed by atoms with E-state index in [1.807, 2.05) is 6.07 Å². The molecule has 2 N–H and O–H groups in total. The van der Waals surface area contributed by atoms with Gasteiger partial charge in [0, 0.05) is 25.2 Å². The van der Waals surface area contributed by atoms with Crippen molar-refractivity contribution in [2.45, 2.75) is 26.9 Å². The molecule has 0 radical (unpaired) electrons. The van der Waals surface area contributed by atoms with Gasteiger partial charge in [-0.05, 0) is 24.1 Å². The lowest BCUT2D eigenvalue weighted by Gasteiger charge is -2.29. The fraction of sp³-hybridized carbons (Fsp3) is 0.467. The van der Waals surface area contributed by atoms with Crippen molar-refractivity contribution in [1.82, 2.24) is 14.5 Å². The number of primary amides is 1. The van der Waals surface area contributed by atoms with Crippen LogP contribution in [0.5, 0.6) is 0 Å². The number of benzene rings is 1. The molecule has 3 rings (SSSR count). The van der Waals surface area contributed by atoms with Crippen molar-refractivity contribution in [3.8, 4) is 0 Å². The summed E-state index contributed by atoms with van der Waals surface area (Å²) in [6, 6.07) is 5.51. The molecule has 1 amide bonds. The zero-order valence-corrected chi connectivity index (χ0v) is 12.0. The third kappa shape index (κ3) is 2.29. The smallest absolute Gasteiger partial charge is 0.248 e. The predicted molar refractivity (Wildman–Crippen MR) is 78.4 cm³/mol. The second-order valence-electron chi connectivity index (χ2n) is 5.88. The lowest BCUT2D eigenvalue weighted by Crippen LogP contribution is -2.36. The van der Waals surface area contributed by atoms with Crippen LogP contribution < -0.4 is 5.73 Å². The van der Waals surface area contributed by atoms with Gasteiger partial charge < -0.3 is 10.3 Å². The van der Waals surface area contributed by atoms with Crippen molar-refractivity contribution in [2.24, 2.45) is 11.7 Å². The van der Waals surface area contributed by atoms with Gasteiger partial charge in [-0.25, -0.2) is 4.98 Å². The van der Waals surface area contributed by atoms with Crippen molar-refractivity contribution in [2.75, 3.05) is 13.1 Å². The summed E-state index contributed by atoms with van der Waals surface area (Å²) < 4.78 is 2.25. The standard InChI is InChI=1S/C15H20N4O/c1-10(2)8-18-5-6-19-13-4-3-11(15(16)20)7-12(13)17-14(19)9-18/h3-4,7,10H,5-6,8-9H2,1-2H3,(H2,16,20). The molecular weight excluding hydrogens is 252 g/mol. The quantitative estimate of drug-likeness (QED) is 0.923. The van der Waals surface area contributed by atoms with Crippen LogP contribution in [-0.2, 0) is 13.1 Å². The average Bonchev–Trinajstić information content (AvgIpc) is 2.74. The Labute approximate surface area is 118 Å².